The van der Waals surface area contributed by atoms with Crippen molar-refractivity contribution in [3.8, 4) is 5.75 Å². The van der Waals surface area contributed by atoms with Crippen LogP contribution in [0.1, 0.15) is 38.2 Å². The predicted molar refractivity (Wildman–Crippen MR) is 81.1 cm³/mol. The van der Waals surface area contributed by atoms with E-state index in [-0.39, 0.29) is 23.2 Å². The van der Waals surface area contributed by atoms with E-state index in [1.165, 1.54) is 6.07 Å². The van der Waals surface area contributed by atoms with Crippen LogP contribution in [0.15, 0.2) is 18.2 Å². The van der Waals surface area contributed by atoms with Gasteiger partial charge >= 0.3 is 12.1 Å². The molecule has 0 aliphatic heterocycles. The van der Waals surface area contributed by atoms with E-state index in [0.29, 0.717) is 0 Å². The van der Waals surface area contributed by atoms with E-state index in [1.807, 2.05) is 0 Å². The topological polar surface area (TPSA) is 77.8 Å². The lowest BCUT2D eigenvalue weighted by atomic mass is 10.2. The van der Waals surface area contributed by atoms with E-state index < -0.39 is 29.2 Å². The van der Waals surface area contributed by atoms with Gasteiger partial charge in [0.05, 0.1) is 6.61 Å². The molecule has 0 atom stereocenters. The van der Waals surface area contributed by atoms with E-state index in [9.17, 15) is 19.1 Å². The zero-order chi connectivity index (χ0) is 17.4. The highest BCUT2D eigenvalue weighted by Gasteiger charge is 2.27. The maximum atomic E-state index is 13.5. The number of halogens is 1. The lowest BCUT2D eigenvalue weighted by Crippen LogP contribution is -2.29. The third-order valence-electron chi connectivity index (χ3n) is 2.90. The maximum Gasteiger partial charge on any atom is 0.419 e. The molecule has 1 N–H and O–H groups in total. The number of phenols is 1. The summed E-state index contributed by atoms with van der Waals surface area (Å²) in [5, 5.41) is 10.2. The van der Waals surface area contributed by atoms with Gasteiger partial charge in [-0.3, -0.25) is 0 Å². The molecule has 1 aromatic heterocycles. The van der Waals surface area contributed by atoms with E-state index in [1.54, 1.807) is 27.7 Å². The van der Waals surface area contributed by atoms with Crippen molar-refractivity contribution in [1.29, 1.82) is 0 Å². The molecule has 0 aliphatic carbocycles. The quantitative estimate of drug-likeness (QED) is 0.857. The third kappa shape index (κ3) is 3.44. The van der Waals surface area contributed by atoms with Gasteiger partial charge in [0.15, 0.2) is 0 Å². The molecule has 2 aromatic rings. The Hall–Kier alpha value is -2.57. The molecule has 0 radical (unpaired) electrons. The summed E-state index contributed by atoms with van der Waals surface area (Å²) in [4.78, 5) is 24.5. The summed E-state index contributed by atoms with van der Waals surface area (Å²) in [6.07, 6.45) is -0.863. The number of carbonyl (C=O) groups is 2. The Morgan fingerprint density at radius 1 is 1.26 bits per heavy atom. The van der Waals surface area contributed by atoms with Crippen LogP contribution >= 0.6 is 0 Å². The first-order valence-electron chi connectivity index (χ1n) is 7.08. The van der Waals surface area contributed by atoms with Crippen LogP contribution in [0, 0.1) is 5.82 Å². The van der Waals surface area contributed by atoms with Crippen molar-refractivity contribution in [3.05, 3.63) is 29.7 Å². The summed E-state index contributed by atoms with van der Waals surface area (Å²) in [6.45, 7) is 6.73. The van der Waals surface area contributed by atoms with Crippen LogP contribution in [0.5, 0.6) is 5.75 Å². The minimum atomic E-state index is -0.863. The van der Waals surface area contributed by atoms with Crippen LogP contribution in [0.3, 0.4) is 0 Å². The van der Waals surface area contributed by atoms with Gasteiger partial charge in [-0.05, 0) is 39.8 Å². The van der Waals surface area contributed by atoms with Crippen LogP contribution in [0.25, 0.3) is 10.9 Å². The standard InChI is InChI=1S/C16H18FNO5/c1-5-22-14(20)11-7-9-6-10(17)8-12(19)13(9)18(11)15(21)23-16(2,3)4/h6-8,19H,5H2,1-4H3. The first kappa shape index (κ1) is 16.8. The number of carbonyl (C=O) groups excluding carboxylic acids is 2. The van der Waals surface area contributed by atoms with E-state index >= 15 is 0 Å². The molecule has 0 saturated carbocycles. The molecular formula is C16H18FNO5. The van der Waals surface area contributed by atoms with Gasteiger partial charge in [-0.2, -0.15) is 0 Å². The zero-order valence-corrected chi connectivity index (χ0v) is 13.3. The van der Waals surface area contributed by atoms with Crippen LogP contribution in [0.2, 0.25) is 0 Å². The molecule has 1 heterocycles. The number of rotatable bonds is 2. The molecule has 0 fully saturated rings. The van der Waals surface area contributed by atoms with Crippen molar-refractivity contribution < 1.29 is 28.6 Å². The third-order valence-corrected chi connectivity index (χ3v) is 2.90. The van der Waals surface area contributed by atoms with Crippen LogP contribution in [-0.2, 0) is 9.47 Å². The molecule has 0 spiro atoms. The molecule has 23 heavy (non-hydrogen) atoms. The van der Waals surface area contributed by atoms with Gasteiger partial charge in [0.1, 0.15) is 28.4 Å². The Bertz CT molecular complexity index is 773. The molecule has 7 heteroatoms. The molecule has 124 valence electrons. The zero-order valence-electron chi connectivity index (χ0n) is 13.3. The second-order valence-electron chi connectivity index (χ2n) is 5.93. The molecule has 2 rings (SSSR count). The number of phenolic OH excluding ortho intramolecular Hbond substituents is 1. The predicted octanol–water partition coefficient (Wildman–Crippen LogP) is 3.45. The highest BCUT2D eigenvalue weighted by Crippen LogP contribution is 2.30. The smallest absolute Gasteiger partial charge is 0.419 e. The number of fused-ring (bicyclic) bond motifs is 1. The largest absolute Gasteiger partial charge is 0.506 e. The maximum absolute atomic E-state index is 13.5. The minimum Gasteiger partial charge on any atom is -0.506 e. The van der Waals surface area contributed by atoms with E-state index in [0.717, 1.165) is 16.7 Å². The molecule has 0 bridgehead atoms. The molecule has 0 saturated heterocycles. The Morgan fingerprint density at radius 2 is 1.91 bits per heavy atom. The molecule has 0 aliphatic rings. The molecule has 1 aromatic carbocycles. The fourth-order valence-electron chi connectivity index (χ4n) is 2.14. The van der Waals surface area contributed by atoms with Crippen molar-refractivity contribution in [3.63, 3.8) is 0 Å². The Kier molecular flexibility index (Phi) is 4.31. The van der Waals surface area contributed by atoms with Crippen LogP contribution < -0.4 is 0 Å². The van der Waals surface area contributed by atoms with Crippen LogP contribution in [-0.4, -0.2) is 33.9 Å². The van der Waals surface area contributed by atoms with Gasteiger partial charge in [-0.1, -0.05) is 0 Å². The Balaban J connectivity index is 2.69. The first-order valence-corrected chi connectivity index (χ1v) is 7.08. The van der Waals surface area contributed by atoms with Gasteiger partial charge in [-0.25, -0.2) is 18.5 Å². The SMILES string of the molecule is CCOC(=O)c1cc2cc(F)cc(O)c2n1C(=O)OC(C)(C)C. The lowest BCUT2D eigenvalue weighted by Gasteiger charge is -2.20. The second-order valence-corrected chi connectivity index (χ2v) is 5.93. The average Bonchev–Trinajstić information content (AvgIpc) is 2.76. The minimum absolute atomic E-state index is 0.0105. The molecule has 6 nitrogen and oxygen atoms in total. The fraction of sp³-hybridized carbons (Fsp3) is 0.375. The van der Waals surface area contributed by atoms with Crippen molar-refractivity contribution >= 4 is 23.0 Å². The summed E-state index contributed by atoms with van der Waals surface area (Å²) >= 11 is 0. The van der Waals surface area contributed by atoms with Crippen LogP contribution in [0.4, 0.5) is 9.18 Å². The van der Waals surface area contributed by atoms with Gasteiger partial charge in [0.25, 0.3) is 0 Å². The van der Waals surface area contributed by atoms with Gasteiger partial charge in [0, 0.05) is 11.5 Å². The lowest BCUT2D eigenvalue weighted by molar-refractivity contribution is 0.0453. The summed E-state index contributed by atoms with van der Waals surface area (Å²) in [5.41, 5.74) is -0.962. The van der Waals surface area contributed by atoms with Crippen molar-refractivity contribution in [2.24, 2.45) is 0 Å². The molecular weight excluding hydrogens is 305 g/mol. The number of nitrogens with zero attached hydrogens (tertiary/aromatic N) is 1. The molecule has 0 amide bonds. The summed E-state index contributed by atoms with van der Waals surface area (Å²) < 4.78 is 24.5. The van der Waals surface area contributed by atoms with E-state index in [4.69, 9.17) is 9.47 Å². The highest BCUT2D eigenvalue weighted by molar-refractivity contribution is 6.03. The highest BCUT2D eigenvalue weighted by atomic mass is 19.1. The normalized spacial score (nSPS) is 11.5. The van der Waals surface area contributed by atoms with Crippen molar-refractivity contribution in [1.82, 2.24) is 4.57 Å². The Morgan fingerprint density at radius 3 is 2.48 bits per heavy atom. The van der Waals surface area contributed by atoms with Gasteiger partial charge in [-0.15, -0.1) is 0 Å². The number of hydrogen-bond donors (Lipinski definition) is 1. The number of ether oxygens (including phenoxy) is 2. The van der Waals surface area contributed by atoms with E-state index in [2.05, 4.69) is 0 Å². The number of benzene rings is 1. The van der Waals surface area contributed by atoms with Gasteiger partial charge < -0.3 is 14.6 Å². The summed E-state index contributed by atoms with van der Waals surface area (Å²) in [5.74, 6) is -1.93. The monoisotopic (exact) mass is 323 g/mol. The fourth-order valence-corrected chi connectivity index (χ4v) is 2.14. The number of aromatic hydroxyl groups is 1. The second kappa shape index (κ2) is 5.91. The summed E-state index contributed by atoms with van der Waals surface area (Å²) in [7, 11) is 0. The first-order chi connectivity index (χ1) is 10.6. The summed E-state index contributed by atoms with van der Waals surface area (Å²) in [6, 6.07) is 3.25. The van der Waals surface area contributed by atoms with Crippen molar-refractivity contribution in [2.45, 2.75) is 33.3 Å². The average molecular weight is 323 g/mol. The number of aromatic nitrogens is 1. The van der Waals surface area contributed by atoms with Gasteiger partial charge in [0.2, 0.25) is 0 Å². The number of esters is 1. The van der Waals surface area contributed by atoms with Crippen molar-refractivity contribution in [2.75, 3.05) is 6.61 Å². The Labute approximate surface area is 132 Å². The molecule has 0 unspecified atom stereocenters. The number of hydrogen-bond acceptors (Lipinski definition) is 5.